The molecule has 1 heterocycles. The Bertz CT molecular complexity index is 802. The van der Waals surface area contributed by atoms with E-state index in [0.29, 0.717) is 0 Å². The number of carbonyl (C=O) groups is 1. The van der Waals surface area contributed by atoms with Crippen LogP contribution in [-0.2, 0) is 0 Å². The van der Waals surface area contributed by atoms with Crippen LogP contribution >= 0.6 is 0 Å². The molecule has 3 rings (SSSR count). The number of aromatic nitrogens is 1. The molecular weight excluding hydrogens is 332 g/mol. The number of halogens is 1. The van der Waals surface area contributed by atoms with Crippen molar-refractivity contribution in [3.63, 3.8) is 0 Å². The molecule has 3 aromatic rings. The lowest BCUT2D eigenvalue weighted by Crippen LogP contribution is -3.00. The Labute approximate surface area is 155 Å². The predicted molar refractivity (Wildman–Crippen MR) is 96.3 cm³/mol. The average Bonchev–Trinajstić information content (AvgIpc) is 2.64. The maximum atomic E-state index is 13.1. The number of pyridine rings is 1. The molecule has 1 aromatic heterocycles. The summed E-state index contributed by atoms with van der Waals surface area (Å²) in [5.74, 6) is 0.0874. The van der Waals surface area contributed by atoms with E-state index in [1.165, 1.54) is 0 Å². The highest BCUT2D eigenvalue weighted by Crippen LogP contribution is 2.19. The predicted octanol–water partition coefficient (Wildman–Crippen LogP) is 0.516. The van der Waals surface area contributed by atoms with E-state index < -0.39 is 0 Å². The summed E-state index contributed by atoms with van der Waals surface area (Å²) in [6.07, 6.45) is 3.93. The fourth-order valence-electron chi connectivity index (χ4n) is 2.75. The van der Waals surface area contributed by atoms with Gasteiger partial charge >= 0.3 is 0 Å². The second-order valence-electron chi connectivity index (χ2n) is 5.94. The fraction of sp³-hybridized carbons (Fsp3) is 0.143. The number of ketones is 1. The van der Waals surface area contributed by atoms with E-state index in [0.717, 1.165) is 16.8 Å². The zero-order chi connectivity index (χ0) is 16.9. The van der Waals surface area contributed by atoms with Crippen LogP contribution in [0.2, 0.25) is 0 Å². The smallest absolute Gasteiger partial charge is 0.245 e. The van der Waals surface area contributed by atoms with Gasteiger partial charge in [-0.3, -0.25) is 4.79 Å². The van der Waals surface area contributed by atoms with Crippen LogP contribution in [0.1, 0.15) is 22.0 Å². The average molecular weight is 353 g/mol. The summed E-state index contributed by atoms with van der Waals surface area (Å²) in [5.41, 5.74) is 2.80. The lowest BCUT2D eigenvalue weighted by atomic mass is 9.97. The maximum Gasteiger partial charge on any atom is 0.245 e. The largest absolute Gasteiger partial charge is 1.00 e. The number of Topliss-reactive ketones (excluding diaryl/α,β-unsaturated/α-hetero) is 1. The molecule has 2 aromatic carbocycles. The molecule has 0 aliphatic rings. The number of hydrogen-bond donors (Lipinski definition) is 0. The van der Waals surface area contributed by atoms with Gasteiger partial charge < -0.3 is 17.3 Å². The zero-order valence-corrected chi connectivity index (χ0v) is 15.1. The molecule has 0 radical (unpaired) electrons. The summed E-state index contributed by atoms with van der Waals surface area (Å²) >= 11 is 0. The number of nitrogens with zero attached hydrogens (tertiary/aromatic N) is 2. The summed E-state index contributed by atoms with van der Waals surface area (Å²) in [6.45, 7) is 0. The Kier molecular flexibility index (Phi) is 6.31. The van der Waals surface area contributed by atoms with Gasteiger partial charge in [0, 0.05) is 43.0 Å². The molecule has 0 aliphatic heterocycles. The van der Waals surface area contributed by atoms with Gasteiger partial charge in [0.2, 0.25) is 11.8 Å². The van der Waals surface area contributed by atoms with Gasteiger partial charge in [-0.15, -0.1) is 0 Å². The van der Waals surface area contributed by atoms with Gasteiger partial charge in [-0.2, -0.15) is 4.57 Å². The zero-order valence-electron chi connectivity index (χ0n) is 14.3. The topological polar surface area (TPSA) is 24.2 Å². The Morgan fingerprint density at radius 1 is 0.840 bits per heavy atom. The summed E-state index contributed by atoms with van der Waals surface area (Å²) in [4.78, 5) is 15.2. The highest BCUT2D eigenvalue weighted by atomic mass is 35.5. The summed E-state index contributed by atoms with van der Waals surface area (Å²) < 4.78 is 1.97. The SMILES string of the molecule is CN(C)c1cc[n+](C(C(=O)c2ccccc2)c2ccccc2)cc1.[Cl-]. The summed E-state index contributed by atoms with van der Waals surface area (Å²) in [7, 11) is 4.01. The van der Waals surface area contributed by atoms with Crippen LogP contribution in [-0.4, -0.2) is 19.9 Å². The van der Waals surface area contributed by atoms with Crippen molar-refractivity contribution in [3.05, 3.63) is 96.3 Å². The number of anilines is 1. The third-order valence-corrected chi connectivity index (χ3v) is 4.07. The Morgan fingerprint density at radius 2 is 1.36 bits per heavy atom. The molecule has 0 bridgehead atoms. The highest BCUT2D eigenvalue weighted by Gasteiger charge is 2.30. The molecule has 0 N–H and O–H groups in total. The van der Waals surface area contributed by atoms with Crippen molar-refractivity contribution in [2.75, 3.05) is 19.0 Å². The van der Waals surface area contributed by atoms with E-state index in [-0.39, 0.29) is 24.2 Å². The second-order valence-corrected chi connectivity index (χ2v) is 5.94. The van der Waals surface area contributed by atoms with E-state index in [1.807, 2.05) is 109 Å². The molecule has 4 heteroatoms. The van der Waals surface area contributed by atoms with Crippen LogP contribution in [0.5, 0.6) is 0 Å². The molecule has 128 valence electrons. The first-order chi connectivity index (χ1) is 11.7. The van der Waals surface area contributed by atoms with Gasteiger partial charge in [0.15, 0.2) is 12.4 Å². The summed E-state index contributed by atoms with van der Waals surface area (Å²) in [5, 5.41) is 0. The van der Waals surface area contributed by atoms with Crippen LogP contribution < -0.4 is 21.9 Å². The van der Waals surface area contributed by atoms with Gasteiger partial charge in [0.1, 0.15) is 0 Å². The van der Waals surface area contributed by atoms with Crippen molar-refractivity contribution in [1.82, 2.24) is 0 Å². The molecule has 1 atom stereocenters. The van der Waals surface area contributed by atoms with Gasteiger partial charge in [-0.25, -0.2) is 0 Å². The Balaban J connectivity index is 0.00000225. The molecule has 1 unspecified atom stereocenters. The van der Waals surface area contributed by atoms with Crippen molar-refractivity contribution >= 4 is 11.5 Å². The second kappa shape index (κ2) is 8.45. The summed E-state index contributed by atoms with van der Waals surface area (Å²) in [6, 6.07) is 23.0. The fourth-order valence-corrected chi connectivity index (χ4v) is 2.75. The normalized spacial score (nSPS) is 11.3. The minimum absolute atomic E-state index is 0. The van der Waals surface area contributed by atoms with E-state index in [2.05, 4.69) is 0 Å². The van der Waals surface area contributed by atoms with Gasteiger partial charge in [-0.05, 0) is 0 Å². The van der Waals surface area contributed by atoms with Crippen LogP contribution in [0.4, 0.5) is 5.69 Å². The lowest BCUT2D eigenvalue weighted by Gasteiger charge is -2.14. The van der Waals surface area contributed by atoms with Gasteiger partial charge in [0.25, 0.3) is 0 Å². The number of rotatable bonds is 5. The number of benzene rings is 2. The van der Waals surface area contributed by atoms with Crippen molar-refractivity contribution in [2.45, 2.75) is 6.04 Å². The van der Waals surface area contributed by atoms with E-state index >= 15 is 0 Å². The molecule has 0 fully saturated rings. The third kappa shape index (κ3) is 4.25. The van der Waals surface area contributed by atoms with E-state index in [4.69, 9.17) is 0 Å². The Hall–Kier alpha value is -2.65. The van der Waals surface area contributed by atoms with Crippen LogP contribution in [0.15, 0.2) is 85.2 Å². The molecule has 0 spiro atoms. The van der Waals surface area contributed by atoms with Crippen molar-refractivity contribution in [3.8, 4) is 0 Å². The van der Waals surface area contributed by atoms with Crippen molar-refractivity contribution < 1.29 is 21.8 Å². The minimum atomic E-state index is -0.371. The van der Waals surface area contributed by atoms with Crippen molar-refractivity contribution in [1.29, 1.82) is 0 Å². The first-order valence-electron chi connectivity index (χ1n) is 7.99. The van der Waals surface area contributed by atoms with Gasteiger partial charge in [0.05, 0.1) is 0 Å². The molecule has 0 saturated carbocycles. The molecule has 3 nitrogen and oxygen atoms in total. The quantitative estimate of drug-likeness (QED) is 0.494. The maximum absolute atomic E-state index is 13.1. The first-order valence-corrected chi connectivity index (χ1v) is 7.99. The lowest BCUT2D eigenvalue weighted by molar-refractivity contribution is -0.699. The molecule has 0 amide bonds. The third-order valence-electron chi connectivity index (χ3n) is 4.07. The van der Waals surface area contributed by atoms with E-state index in [1.54, 1.807) is 0 Å². The van der Waals surface area contributed by atoms with Crippen LogP contribution in [0, 0.1) is 0 Å². The minimum Gasteiger partial charge on any atom is -1.00 e. The molecule has 0 aliphatic carbocycles. The molecule has 0 saturated heterocycles. The highest BCUT2D eigenvalue weighted by molar-refractivity contribution is 5.99. The Morgan fingerprint density at radius 3 is 1.88 bits per heavy atom. The number of carbonyl (C=O) groups excluding carboxylic acids is 1. The molecule has 25 heavy (non-hydrogen) atoms. The monoisotopic (exact) mass is 352 g/mol. The first kappa shape index (κ1) is 18.7. The standard InChI is InChI=1S/C21H21N2O.ClH/c1-22(2)19-13-15-23(16-14-19)20(17-9-5-3-6-10-17)21(24)18-11-7-4-8-12-18;/h3-16,20H,1-2H3;1H/q+1;/p-1. The number of hydrogen-bond acceptors (Lipinski definition) is 2. The van der Waals surface area contributed by atoms with Gasteiger partial charge in [-0.1, -0.05) is 60.7 Å². The van der Waals surface area contributed by atoms with Crippen molar-refractivity contribution in [2.24, 2.45) is 0 Å². The van der Waals surface area contributed by atoms with E-state index in [9.17, 15) is 4.79 Å². The molecular formula is C21H21ClN2O. The van der Waals surface area contributed by atoms with Crippen LogP contribution in [0.3, 0.4) is 0 Å². The van der Waals surface area contributed by atoms with Crippen LogP contribution in [0.25, 0.3) is 0 Å².